The molecule has 0 heterocycles. The molecule has 0 saturated heterocycles. The van der Waals surface area contributed by atoms with Gasteiger partial charge in [0.15, 0.2) is 0 Å². The van der Waals surface area contributed by atoms with E-state index in [1.807, 2.05) is 0 Å². The van der Waals surface area contributed by atoms with E-state index >= 15 is 0 Å². The smallest absolute Gasteiger partial charge is 0.0916 e. The summed E-state index contributed by atoms with van der Waals surface area (Å²) < 4.78 is 30.0. The Balaban J connectivity index is -0.000000198. The zero-order chi connectivity index (χ0) is 24.8. The SMILES string of the molecule is CCC[N+](CCC)(CCC)CCC.CCC[N+](CCC)(CCC)CCC.CS(=O)(=O)[O-].[Cl-]. The van der Waals surface area contributed by atoms with Gasteiger partial charge in [-0.05, 0) is 51.4 Å². The highest BCUT2D eigenvalue weighted by Crippen LogP contribution is 2.13. The van der Waals surface area contributed by atoms with Crippen LogP contribution in [0.15, 0.2) is 0 Å². The summed E-state index contributed by atoms with van der Waals surface area (Å²) in [5, 5.41) is 0. The van der Waals surface area contributed by atoms with Crippen molar-refractivity contribution in [2.45, 2.75) is 107 Å². The summed E-state index contributed by atoms with van der Waals surface area (Å²) in [4.78, 5) is 0. The molecule has 0 unspecified atom stereocenters. The maximum atomic E-state index is 9.08. The first kappa shape index (κ1) is 39.3. The van der Waals surface area contributed by atoms with Crippen LogP contribution in [0.5, 0.6) is 0 Å². The summed E-state index contributed by atoms with van der Waals surface area (Å²) in [5.74, 6) is 0. The van der Waals surface area contributed by atoms with E-state index in [-0.39, 0.29) is 12.4 Å². The standard InChI is InChI=1S/2C12H28N.CH4O3S.ClH/c2*1-5-9-13(10-6-2,11-7-3)12-8-4;1-5(2,3)4;/h2*5-12H2,1-4H3;1H3,(H,2,3,4);1H/q2*+1;;/p-2. The van der Waals surface area contributed by atoms with Crippen LogP contribution < -0.4 is 12.4 Å². The number of rotatable bonds is 16. The molecule has 0 fully saturated rings. The fourth-order valence-corrected chi connectivity index (χ4v) is 5.14. The number of halogens is 1. The van der Waals surface area contributed by atoms with E-state index < -0.39 is 10.1 Å². The lowest BCUT2D eigenvalue weighted by atomic mass is 10.2. The summed E-state index contributed by atoms with van der Waals surface area (Å²) in [7, 11) is -3.92. The van der Waals surface area contributed by atoms with Gasteiger partial charge in [0.1, 0.15) is 0 Å². The van der Waals surface area contributed by atoms with Crippen molar-refractivity contribution in [2.24, 2.45) is 0 Å². The zero-order valence-electron chi connectivity index (χ0n) is 23.2. The van der Waals surface area contributed by atoms with Crippen LogP contribution >= 0.6 is 0 Å². The van der Waals surface area contributed by atoms with E-state index in [0.29, 0.717) is 6.26 Å². The average molecular weight is 503 g/mol. The quantitative estimate of drug-likeness (QED) is 0.241. The Hall–Kier alpha value is 0.120. The Morgan fingerprint density at radius 1 is 0.469 bits per heavy atom. The highest BCUT2D eigenvalue weighted by molar-refractivity contribution is 7.84. The van der Waals surface area contributed by atoms with Crippen molar-refractivity contribution in [1.29, 1.82) is 0 Å². The molecule has 5 nitrogen and oxygen atoms in total. The van der Waals surface area contributed by atoms with E-state index in [0.717, 1.165) is 0 Å². The second-order valence-corrected chi connectivity index (χ2v) is 10.6. The Morgan fingerprint density at radius 2 is 0.562 bits per heavy atom. The van der Waals surface area contributed by atoms with Gasteiger partial charge in [-0.2, -0.15) is 0 Å². The molecule has 0 aliphatic carbocycles. The second-order valence-electron chi connectivity index (χ2n) is 9.18. The van der Waals surface area contributed by atoms with Gasteiger partial charge in [0.25, 0.3) is 0 Å². The van der Waals surface area contributed by atoms with Crippen molar-refractivity contribution in [3.8, 4) is 0 Å². The van der Waals surface area contributed by atoms with Crippen molar-refractivity contribution in [3.63, 3.8) is 0 Å². The molecule has 0 amide bonds. The minimum atomic E-state index is -3.92. The minimum absolute atomic E-state index is 0. The lowest BCUT2D eigenvalue weighted by molar-refractivity contribution is -0.928. The maximum absolute atomic E-state index is 9.08. The van der Waals surface area contributed by atoms with Crippen molar-refractivity contribution < 1.29 is 34.3 Å². The molecular weight excluding hydrogens is 444 g/mol. The Morgan fingerprint density at radius 3 is 0.625 bits per heavy atom. The Kier molecular flexibility index (Phi) is 29.8. The fourth-order valence-electron chi connectivity index (χ4n) is 5.14. The molecule has 0 bridgehead atoms. The molecule has 0 aliphatic rings. The molecule has 0 aromatic heterocycles. The highest BCUT2D eigenvalue weighted by atomic mass is 35.5. The Labute approximate surface area is 209 Å². The normalized spacial score (nSPS) is 11.6. The van der Waals surface area contributed by atoms with Crippen molar-refractivity contribution >= 4 is 10.1 Å². The van der Waals surface area contributed by atoms with Gasteiger partial charge >= 0.3 is 0 Å². The van der Waals surface area contributed by atoms with Crippen LogP contribution in [-0.2, 0) is 10.1 Å². The predicted molar refractivity (Wildman–Crippen MR) is 137 cm³/mol. The fraction of sp³-hybridized carbons (Fsp3) is 1.00. The van der Waals surface area contributed by atoms with Gasteiger partial charge in [-0.25, -0.2) is 8.42 Å². The van der Waals surface area contributed by atoms with Gasteiger partial charge in [-0.3, -0.25) is 0 Å². The van der Waals surface area contributed by atoms with Crippen LogP contribution in [0.25, 0.3) is 0 Å². The third kappa shape index (κ3) is 24.8. The molecule has 0 saturated carbocycles. The van der Waals surface area contributed by atoms with Crippen LogP contribution in [-0.4, -0.2) is 80.6 Å². The molecule has 0 aromatic carbocycles. The number of hydrogen-bond donors (Lipinski definition) is 0. The maximum Gasteiger partial charge on any atom is 0.0916 e. The summed E-state index contributed by atoms with van der Waals surface area (Å²) >= 11 is 0. The first-order valence-electron chi connectivity index (χ1n) is 13.1. The van der Waals surface area contributed by atoms with E-state index in [1.54, 1.807) is 0 Å². The Bertz CT molecular complexity index is 379. The molecular formula is C25H59ClN2O3S. The van der Waals surface area contributed by atoms with Crippen molar-refractivity contribution in [3.05, 3.63) is 0 Å². The zero-order valence-corrected chi connectivity index (χ0v) is 24.8. The molecule has 200 valence electrons. The largest absolute Gasteiger partial charge is 1.00 e. The molecule has 0 aromatic rings. The van der Waals surface area contributed by atoms with Gasteiger partial charge < -0.3 is 25.9 Å². The molecule has 0 atom stereocenters. The van der Waals surface area contributed by atoms with Crippen LogP contribution in [0.4, 0.5) is 0 Å². The minimum Gasteiger partial charge on any atom is -1.00 e. The van der Waals surface area contributed by atoms with Gasteiger partial charge in [0.2, 0.25) is 0 Å². The third-order valence-corrected chi connectivity index (χ3v) is 5.58. The summed E-state index contributed by atoms with van der Waals surface area (Å²) in [6.45, 7) is 29.6. The molecule has 0 rings (SSSR count). The number of hydrogen-bond acceptors (Lipinski definition) is 3. The van der Waals surface area contributed by atoms with Crippen molar-refractivity contribution in [1.82, 2.24) is 0 Å². The lowest BCUT2D eigenvalue weighted by Crippen LogP contribution is -3.00. The summed E-state index contributed by atoms with van der Waals surface area (Å²) in [6, 6.07) is 0. The van der Waals surface area contributed by atoms with Gasteiger partial charge in [0, 0.05) is 6.26 Å². The van der Waals surface area contributed by atoms with Crippen LogP contribution in [0, 0.1) is 0 Å². The number of quaternary nitrogens is 2. The third-order valence-electron chi connectivity index (χ3n) is 5.58. The predicted octanol–water partition coefficient (Wildman–Crippen LogP) is 3.05. The molecule has 32 heavy (non-hydrogen) atoms. The molecule has 0 aliphatic heterocycles. The monoisotopic (exact) mass is 502 g/mol. The summed E-state index contributed by atoms with van der Waals surface area (Å²) in [6.07, 6.45) is 11.3. The van der Waals surface area contributed by atoms with Gasteiger partial charge in [-0.1, -0.05) is 55.4 Å². The average Bonchev–Trinajstić information content (AvgIpc) is 2.63. The van der Waals surface area contributed by atoms with E-state index in [1.165, 1.54) is 113 Å². The molecule has 0 spiro atoms. The number of nitrogens with zero attached hydrogens (tertiary/aromatic N) is 2. The highest BCUT2D eigenvalue weighted by Gasteiger charge is 2.23. The summed E-state index contributed by atoms with van der Waals surface area (Å²) in [5.41, 5.74) is 0. The lowest BCUT2D eigenvalue weighted by Gasteiger charge is -2.38. The second kappa shape index (κ2) is 24.3. The first-order valence-corrected chi connectivity index (χ1v) is 14.9. The first-order chi connectivity index (χ1) is 14.5. The topological polar surface area (TPSA) is 57.2 Å². The molecule has 7 heteroatoms. The van der Waals surface area contributed by atoms with E-state index in [2.05, 4.69) is 55.4 Å². The molecule has 0 N–H and O–H groups in total. The molecule has 0 radical (unpaired) electrons. The van der Waals surface area contributed by atoms with Gasteiger partial charge in [-0.15, -0.1) is 0 Å². The van der Waals surface area contributed by atoms with E-state index in [9.17, 15) is 0 Å². The van der Waals surface area contributed by atoms with Crippen molar-refractivity contribution in [2.75, 3.05) is 58.6 Å². The van der Waals surface area contributed by atoms with E-state index in [4.69, 9.17) is 13.0 Å². The van der Waals surface area contributed by atoms with Crippen LogP contribution in [0.3, 0.4) is 0 Å². The van der Waals surface area contributed by atoms with Crippen LogP contribution in [0.2, 0.25) is 0 Å². The van der Waals surface area contributed by atoms with Crippen LogP contribution in [0.1, 0.15) is 107 Å². The van der Waals surface area contributed by atoms with Gasteiger partial charge in [0.05, 0.1) is 62.5 Å².